The van der Waals surface area contributed by atoms with Crippen molar-refractivity contribution in [2.45, 2.75) is 39.3 Å². The normalized spacial score (nSPS) is 15.2. The Hall–Kier alpha value is -2.89. The maximum Gasteiger partial charge on any atom is 0.315 e. The number of hydrogen-bond acceptors (Lipinski definition) is 4. The van der Waals surface area contributed by atoms with Crippen LogP contribution in [0.3, 0.4) is 0 Å². The molecule has 1 heterocycles. The van der Waals surface area contributed by atoms with Gasteiger partial charge in [-0.3, -0.25) is 0 Å². The van der Waals surface area contributed by atoms with E-state index in [1.807, 2.05) is 49.4 Å². The summed E-state index contributed by atoms with van der Waals surface area (Å²) in [4.78, 5) is 12.7. The Balaban J connectivity index is 1.72. The van der Waals surface area contributed by atoms with Crippen LogP contribution in [-0.4, -0.2) is 26.4 Å². The number of hydrogen-bond donors (Lipinski definition) is 2. The Labute approximate surface area is 172 Å². The van der Waals surface area contributed by atoms with E-state index in [2.05, 4.69) is 24.5 Å². The molecule has 1 aliphatic heterocycles. The van der Waals surface area contributed by atoms with E-state index in [0.29, 0.717) is 13.2 Å². The van der Waals surface area contributed by atoms with Crippen molar-refractivity contribution in [2.75, 3.05) is 20.3 Å². The number of amides is 2. The lowest BCUT2D eigenvalue weighted by Gasteiger charge is -2.25. The molecule has 6 heteroatoms. The number of ether oxygens (including phenoxy) is 3. The average Bonchev–Trinajstić information content (AvgIpc) is 2.96. The molecule has 2 aromatic rings. The van der Waals surface area contributed by atoms with Crippen LogP contribution in [0.5, 0.6) is 17.2 Å². The van der Waals surface area contributed by atoms with Crippen molar-refractivity contribution in [3.05, 3.63) is 53.6 Å². The van der Waals surface area contributed by atoms with E-state index in [9.17, 15) is 4.79 Å². The molecule has 29 heavy (non-hydrogen) atoms. The number of urea groups is 1. The summed E-state index contributed by atoms with van der Waals surface area (Å²) >= 11 is 0. The van der Waals surface area contributed by atoms with Crippen molar-refractivity contribution in [1.29, 1.82) is 0 Å². The fourth-order valence-electron chi connectivity index (χ4n) is 3.49. The smallest absolute Gasteiger partial charge is 0.315 e. The molecule has 0 fully saturated rings. The fourth-order valence-corrected chi connectivity index (χ4v) is 3.49. The molecular formula is C23H30N2O4. The summed E-state index contributed by atoms with van der Waals surface area (Å²) in [6, 6.07) is 13.0. The molecule has 2 aromatic carbocycles. The van der Waals surface area contributed by atoms with Gasteiger partial charge in [-0.25, -0.2) is 4.79 Å². The summed E-state index contributed by atoms with van der Waals surface area (Å²) in [7, 11) is 1.63. The number of nitrogens with one attached hydrogen (secondary N) is 2. The summed E-state index contributed by atoms with van der Waals surface area (Å²) in [5, 5.41) is 6.12. The number of methoxy groups -OCH3 is 1. The van der Waals surface area contributed by atoms with Crippen LogP contribution in [0.15, 0.2) is 42.5 Å². The second kappa shape index (κ2) is 9.54. The molecule has 2 atom stereocenters. The molecule has 0 saturated heterocycles. The minimum Gasteiger partial charge on any atom is -0.496 e. The van der Waals surface area contributed by atoms with Crippen LogP contribution >= 0.6 is 0 Å². The van der Waals surface area contributed by atoms with Gasteiger partial charge >= 0.3 is 6.03 Å². The third kappa shape index (κ3) is 5.13. The van der Waals surface area contributed by atoms with Crippen LogP contribution < -0.4 is 24.8 Å². The quantitative estimate of drug-likeness (QED) is 0.745. The predicted molar refractivity (Wildman–Crippen MR) is 113 cm³/mol. The van der Waals surface area contributed by atoms with E-state index < -0.39 is 0 Å². The first kappa shape index (κ1) is 20.8. The first-order valence-corrected chi connectivity index (χ1v) is 10.1. The van der Waals surface area contributed by atoms with E-state index in [1.54, 1.807) is 7.11 Å². The minimum absolute atomic E-state index is 0.156. The third-order valence-electron chi connectivity index (χ3n) is 5.04. The lowest BCUT2D eigenvalue weighted by Crippen LogP contribution is -2.40. The number of benzene rings is 2. The van der Waals surface area contributed by atoms with Gasteiger partial charge in [0.15, 0.2) is 11.5 Å². The number of rotatable bonds is 6. The Kier molecular flexibility index (Phi) is 6.86. The van der Waals surface area contributed by atoms with E-state index in [4.69, 9.17) is 14.2 Å². The van der Waals surface area contributed by atoms with Gasteiger partial charge in [0.2, 0.25) is 0 Å². The lowest BCUT2D eigenvalue weighted by atomic mass is 9.95. The van der Waals surface area contributed by atoms with E-state index in [1.165, 1.54) is 0 Å². The molecule has 0 spiro atoms. The summed E-state index contributed by atoms with van der Waals surface area (Å²) in [6.07, 6.45) is 0.860. The van der Waals surface area contributed by atoms with Crippen LogP contribution in [0, 0.1) is 5.92 Å². The van der Waals surface area contributed by atoms with Gasteiger partial charge in [-0.1, -0.05) is 38.1 Å². The summed E-state index contributed by atoms with van der Waals surface area (Å²) < 4.78 is 16.9. The van der Waals surface area contributed by atoms with Crippen LogP contribution in [0.1, 0.15) is 50.4 Å². The van der Waals surface area contributed by atoms with E-state index >= 15 is 0 Å². The summed E-state index contributed by atoms with van der Waals surface area (Å²) in [6.45, 7) is 7.39. The molecular weight excluding hydrogens is 368 g/mol. The minimum atomic E-state index is -0.228. The van der Waals surface area contributed by atoms with Gasteiger partial charge in [-0.15, -0.1) is 0 Å². The molecule has 156 valence electrons. The predicted octanol–water partition coefficient (Wildman–Crippen LogP) is 4.61. The number of carbonyl (C=O) groups excluding carboxylic acids is 1. The van der Waals surface area contributed by atoms with Crippen molar-refractivity contribution in [3.8, 4) is 17.2 Å². The van der Waals surface area contributed by atoms with Crippen LogP contribution in [0.25, 0.3) is 0 Å². The molecule has 0 aliphatic carbocycles. The van der Waals surface area contributed by atoms with Gasteiger partial charge < -0.3 is 24.8 Å². The van der Waals surface area contributed by atoms with E-state index in [-0.39, 0.29) is 24.0 Å². The molecule has 2 N–H and O–H groups in total. The largest absolute Gasteiger partial charge is 0.496 e. The molecule has 0 radical (unpaired) electrons. The molecule has 2 amide bonds. The van der Waals surface area contributed by atoms with Crippen LogP contribution in [0.4, 0.5) is 4.79 Å². The molecule has 0 saturated carbocycles. The van der Waals surface area contributed by atoms with Crippen LogP contribution in [-0.2, 0) is 0 Å². The second-order valence-electron chi connectivity index (χ2n) is 7.56. The molecule has 3 rings (SSSR count). The summed E-state index contributed by atoms with van der Waals surface area (Å²) in [5.74, 6) is 2.44. The van der Waals surface area contributed by atoms with Crippen molar-refractivity contribution < 1.29 is 19.0 Å². The zero-order valence-corrected chi connectivity index (χ0v) is 17.5. The highest BCUT2D eigenvalue weighted by atomic mass is 16.5. The van der Waals surface area contributed by atoms with Gasteiger partial charge in [-0.05, 0) is 36.6 Å². The van der Waals surface area contributed by atoms with Gasteiger partial charge in [0.25, 0.3) is 0 Å². The topological polar surface area (TPSA) is 68.8 Å². The Bertz CT molecular complexity index is 837. The van der Waals surface area contributed by atoms with Gasteiger partial charge in [0.05, 0.1) is 32.4 Å². The number of carbonyl (C=O) groups is 1. The molecule has 0 aromatic heterocycles. The van der Waals surface area contributed by atoms with Gasteiger partial charge in [0.1, 0.15) is 5.75 Å². The monoisotopic (exact) mass is 398 g/mol. The summed E-state index contributed by atoms with van der Waals surface area (Å²) in [5.41, 5.74) is 1.92. The van der Waals surface area contributed by atoms with Gasteiger partial charge in [-0.2, -0.15) is 0 Å². The maximum absolute atomic E-state index is 12.7. The van der Waals surface area contributed by atoms with E-state index in [0.717, 1.165) is 34.8 Å². The average molecular weight is 399 g/mol. The zero-order valence-electron chi connectivity index (χ0n) is 17.5. The standard InChI is InChI=1S/C23H30N2O4/c1-15(2)22(17-10-11-20-21(14-17)29-13-7-12-28-20)25-23(26)24-16(3)18-8-5-6-9-19(18)27-4/h5-6,8-11,14-16,22H,7,12-13H2,1-4H3,(H2,24,25,26)/t16-,22+/m0/s1. The molecule has 0 unspecified atom stereocenters. The number of para-hydroxylation sites is 1. The Morgan fingerprint density at radius 2 is 1.72 bits per heavy atom. The SMILES string of the molecule is COc1ccccc1[C@H](C)NC(=O)N[C@@H](c1ccc2c(c1)OCCCO2)C(C)C. The highest BCUT2D eigenvalue weighted by Gasteiger charge is 2.22. The Morgan fingerprint density at radius 1 is 1.00 bits per heavy atom. The van der Waals surface area contributed by atoms with Crippen LogP contribution in [0.2, 0.25) is 0 Å². The first-order chi connectivity index (χ1) is 14.0. The van der Waals surface area contributed by atoms with Crippen molar-refractivity contribution in [2.24, 2.45) is 5.92 Å². The highest BCUT2D eigenvalue weighted by Crippen LogP contribution is 2.34. The van der Waals surface area contributed by atoms with Gasteiger partial charge in [0, 0.05) is 12.0 Å². The molecule has 6 nitrogen and oxygen atoms in total. The maximum atomic E-state index is 12.7. The number of fused-ring (bicyclic) bond motifs is 1. The first-order valence-electron chi connectivity index (χ1n) is 10.1. The van der Waals surface area contributed by atoms with Crippen molar-refractivity contribution in [3.63, 3.8) is 0 Å². The Morgan fingerprint density at radius 3 is 2.45 bits per heavy atom. The second-order valence-corrected chi connectivity index (χ2v) is 7.56. The lowest BCUT2D eigenvalue weighted by molar-refractivity contribution is 0.229. The van der Waals surface area contributed by atoms with Crippen molar-refractivity contribution >= 4 is 6.03 Å². The zero-order chi connectivity index (χ0) is 20.8. The van der Waals surface area contributed by atoms with Crippen molar-refractivity contribution in [1.82, 2.24) is 10.6 Å². The molecule has 0 bridgehead atoms. The highest BCUT2D eigenvalue weighted by molar-refractivity contribution is 5.75. The third-order valence-corrected chi connectivity index (χ3v) is 5.04. The molecule has 1 aliphatic rings. The fraction of sp³-hybridized carbons (Fsp3) is 0.435.